The van der Waals surface area contributed by atoms with Gasteiger partial charge in [-0.05, 0) is 36.4 Å². The van der Waals surface area contributed by atoms with E-state index >= 15 is 0 Å². The summed E-state index contributed by atoms with van der Waals surface area (Å²) in [6.45, 7) is 0.109. The number of allylic oxidation sites excluding steroid dienone is 1. The number of benzene rings is 2. The van der Waals surface area contributed by atoms with Crippen LogP contribution in [0.25, 0.3) is 6.08 Å². The van der Waals surface area contributed by atoms with Crippen LogP contribution in [0.4, 0.5) is 0 Å². The Bertz CT molecular complexity index is 824. The van der Waals surface area contributed by atoms with Crippen molar-refractivity contribution in [2.24, 2.45) is 0 Å². The zero-order valence-corrected chi connectivity index (χ0v) is 12.9. The normalized spacial score (nSPS) is 10.5. The van der Waals surface area contributed by atoms with Gasteiger partial charge in [0.15, 0.2) is 0 Å². The molecule has 0 heterocycles. The van der Waals surface area contributed by atoms with E-state index in [0.717, 1.165) is 0 Å². The van der Waals surface area contributed by atoms with E-state index in [9.17, 15) is 10.1 Å². The molecule has 0 saturated carbocycles. The number of Topliss-reactive ketones (excluding diaryl/α,β-unsaturated/α-hetero) is 1. The standard InChI is InChI=1S/C19H12ClNO2/c1-2-11-23-18-6-4-3-5-15(18)12-16(13-21)19(22)14-7-9-17(20)10-8-14/h1,3-10,12H,11H2/b16-12+. The van der Waals surface area contributed by atoms with Crippen molar-refractivity contribution in [2.45, 2.75) is 0 Å². The Morgan fingerprint density at radius 3 is 2.57 bits per heavy atom. The van der Waals surface area contributed by atoms with Crippen molar-refractivity contribution in [3.63, 3.8) is 0 Å². The number of hydrogen-bond acceptors (Lipinski definition) is 3. The van der Waals surface area contributed by atoms with Crippen LogP contribution in [-0.4, -0.2) is 12.4 Å². The molecule has 0 N–H and O–H groups in total. The van der Waals surface area contributed by atoms with Gasteiger partial charge in [-0.1, -0.05) is 35.7 Å². The van der Waals surface area contributed by atoms with Gasteiger partial charge >= 0.3 is 0 Å². The molecule has 2 aromatic carbocycles. The van der Waals surface area contributed by atoms with E-state index in [-0.39, 0.29) is 18.0 Å². The van der Waals surface area contributed by atoms with Gasteiger partial charge in [0.05, 0.1) is 0 Å². The third kappa shape index (κ3) is 4.23. The van der Waals surface area contributed by atoms with E-state index < -0.39 is 0 Å². The van der Waals surface area contributed by atoms with Crippen LogP contribution in [0.1, 0.15) is 15.9 Å². The zero-order chi connectivity index (χ0) is 16.7. The van der Waals surface area contributed by atoms with Crippen LogP contribution in [0.3, 0.4) is 0 Å². The maximum Gasteiger partial charge on any atom is 0.203 e. The Hall–Kier alpha value is -3.01. The van der Waals surface area contributed by atoms with Gasteiger partial charge in [0.25, 0.3) is 0 Å². The monoisotopic (exact) mass is 321 g/mol. The lowest BCUT2D eigenvalue weighted by atomic mass is 10.0. The summed E-state index contributed by atoms with van der Waals surface area (Å²) in [7, 11) is 0. The lowest BCUT2D eigenvalue weighted by Crippen LogP contribution is -2.02. The van der Waals surface area contributed by atoms with Gasteiger partial charge in [0.1, 0.15) is 24.0 Å². The highest BCUT2D eigenvalue weighted by Crippen LogP contribution is 2.22. The van der Waals surface area contributed by atoms with Crippen LogP contribution < -0.4 is 4.74 Å². The van der Waals surface area contributed by atoms with Crippen molar-refractivity contribution >= 4 is 23.5 Å². The topological polar surface area (TPSA) is 50.1 Å². The van der Waals surface area contributed by atoms with Crippen LogP contribution in [0.15, 0.2) is 54.1 Å². The molecule has 2 aromatic rings. The fourth-order valence-corrected chi connectivity index (χ4v) is 2.04. The maximum absolute atomic E-state index is 12.4. The number of hydrogen-bond donors (Lipinski definition) is 0. The van der Waals surface area contributed by atoms with Crippen LogP contribution in [0, 0.1) is 23.7 Å². The molecule has 0 aromatic heterocycles. The van der Waals surface area contributed by atoms with E-state index in [4.69, 9.17) is 22.8 Å². The molecule has 23 heavy (non-hydrogen) atoms. The maximum atomic E-state index is 12.4. The molecule has 0 bridgehead atoms. The number of carbonyl (C=O) groups is 1. The van der Waals surface area contributed by atoms with Crippen molar-refractivity contribution in [3.8, 4) is 24.2 Å². The van der Waals surface area contributed by atoms with Crippen LogP contribution >= 0.6 is 11.6 Å². The molecular formula is C19H12ClNO2. The molecule has 0 aliphatic rings. The SMILES string of the molecule is C#CCOc1ccccc1/C=C(\C#N)C(=O)c1ccc(Cl)cc1. The largest absolute Gasteiger partial charge is 0.480 e. The Kier molecular flexibility index (Phi) is 5.58. The fourth-order valence-electron chi connectivity index (χ4n) is 1.91. The summed E-state index contributed by atoms with van der Waals surface area (Å²) in [5.74, 6) is 2.51. The molecule has 0 aliphatic heterocycles. The highest BCUT2D eigenvalue weighted by molar-refractivity contribution is 6.30. The summed E-state index contributed by atoms with van der Waals surface area (Å²) in [4.78, 5) is 12.4. The van der Waals surface area contributed by atoms with Gasteiger partial charge < -0.3 is 4.74 Å². The first kappa shape index (κ1) is 16.4. The van der Waals surface area contributed by atoms with Crippen molar-refractivity contribution in [1.29, 1.82) is 5.26 Å². The molecule has 0 fully saturated rings. The molecule has 112 valence electrons. The number of nitrogens with zero attached hydrogens (tertiary/aromatic N) is 1. The molecular weight excluding hydrogens is 310 g/mol. The average molecular weight is 322 g/mol. The highest BCUT2D eigenvalue weighted by Gasteiger charge is 2.13. The summed E-state index contributed by atoms with van der Waals surface area (Å²) in [5, 5.41) is 9.83. The summed E-state index contributed by atoms with van der Waals surface area (Å²) >= 11 is 5.81. The Balaban J connectivity index is 2.36. The number of terminal acetylenes is 1. The molecule has 0 saturated heterocycles. The molecule has 0 unspecified atom stereocenters. The van der Waals surface area contributed by atoms with E-state index in [1.54, 1.807) is 48.5 Å². The van der Waals surface area contributed by atoms with Crippen molar-refractivity contribution in [1.82, 2.24) is 0 Å². The fraction of sp³-hybridized carbons (Fsp3) is 0.0526. The number of carbonyl (C=O) groups excluding carboxylic acids is 1. The first-order valence-corrected chi connectivity index (χ1v) is 7.11. The van der Waals surface area contributed by atoms with Gasteiger partial charge in [0.2, 0.25) is 5.78 Å². The Morgan fingerprint density at radius 1 is 1.22 bits per heavy atom. The van der Waals surface area contributed by atoms with Gasteiger partial charge in [-0.3, -0.25) is 4.79 Å². The minimum atomic E-state index is -0.379. The third-order valence-electron chi connectivity index (χ3n) is 3.00. The summed E-state index contributed by atoms with van der Waals surface area (Å²) in [6.07, 6.45) is 6.67. The van der Waals surface area contributed by atoms with Crippen molar-refractivity contribution in [3.05, 3.63) is 70.3 Å². The minimum Gasteiger partial charge on any atom is -0.480 e. The van der Waals surface area contributed by atoms with Gasteiger partial charge in [-0.25, -0.2) is 0 Å². The molecule has 2 rings (SSSR count). The van der Waals surface area contributed by atoms with E-state index in [0.29, 0.717) is 21.9 Å². The molecule has 0 radical (unpaired) electrons. The number of ketones is 1. The van der Waals surface area contributed by atoms with Crippen LogP contribution in [-0.2, 0) is 0 Å². The zero-order valence-electron chi connectivity index (χ0n) is 12.1. The van der Waals surface area contributed by atoms with Crippen molar-refractivity contribution < 1.29 is 9.53 Å². The number of ether oxygens (including phenoxy) is 1. The number of rotatable bonds is 5. The second-order valence-electron chi connectivity index (χ2n) is 4.54. The van der Waals surface area contributed by atoms with E-state index in [1.807, 2.05) is 6.07 Å². The molecule has 4 heteroatoms. The molecule has 0 aliphatic carbocycles. The van der Waals surface area contributed by atoms with Crippen LogP contribution in [0.2, 0.25) is 5.02 Å². The smallest absolute Gasteiger partial charge is 0.203 e. The third-order valence-corrected chi connectivity index (χ3v) is 3.25. The minimum absolute atomic E-state index is 0.00378. The quantitative estimate of drug-likeness (QED) is 0.360. The first-order chi connectivity index (χ1) is 11.2. The van der Waals surface area contributed by atoms with Gasteiger partial charge in [-0.15, -0.1) is 6.42 Å². The molecule has 0 amide bonds. The number of nitriles is 1. The van der Waals surface area contributed by atoms with Crippen molar-refractivity contribution in [2.75, 3.05) is 6.61 Å². The second kappa shape index (κ2) is 7.84. The predicted molar refractivity (Wildman–Crippen MR) is 90.1 cm³/mol. The number of halogens is 1. The highest BCUT2D eigenvalue weighted by atomic mass is 35.5. The van der Waals surface area contributed by atoms with Crippen LogP contribution in [0.5, 0.6) is 5.75 Å². The molecule has 3 nitrogen and oxygen atoms in total. The molecule has 0 spiro atoms. The summed E-state index contributed by atoms with van der Waals surface area (Å²) in [6, 6.07) is 15.4. The van der Waals surface area contributed by atoms with E-state index in [2.05, 4.69) is 5.92 Å². The van der Waals surface area contributed by atoms with Gasteiger partial charge in [0, 0.05) is 16.1 Å². The first-order valence-electron chi connectivity index (χ1n) is 6.73. The molecule has 0 atom stereocenters. The summed E-state index contributed by atoms with van der Waals surface area (Å²) < 4.78 is 5.41. The lowest BCUT2D eigenvalue weighted by molar-refractivity contribution is 0.104. The summed E-state index contributed by atoms with van der Waals surface area (Å²) in [5.41, 5.74) is 1.01. The second-order valence-corrected chi connectivity index (χ2v) is 4.97. The lowest BCUT2D eigenvalue weighted by Gasteiger charge is -2.06. The van der Waals surface area contributed by atoms with E-state index in [1.165, 1.54) is 6.08 Å². The number of para-hydroxylation sites is 1. The Morgan fingerprint density at radius 2 is 1.91 bits per heavy atom. The van der Waals surface area contributed by atoms with Gasteiger partial charge in [-0.2, -0.15) is 5.26 Å². The predicted octanol–water partition coefficient (Wildman–Crippen LogP) is 4.14. The average Bonchev–Trinajstić information content (AvgIpc) is 2.58. The Labute approximate surface area is 139 Å².